The van der Waals surface area contributed by atoms with E-state index in [1.165, 1.54) is 0 Å². The molecule has 1 N–H and O–H groups in total. The van der Waals surface area contributed by atoms with Crippen molar-refractivity contribution in [1.29, 1.82) is 0 Å². The third-order valence-electron chi connectivity index (χ3n) is 1.97. The molecule has 4 heteroatoms. The van der Waals surface area contributed by atoms with Crippen LogP contribution in [0.25, 0.3) is 0 Å². The average Bonchev–Trinajstić information content (AvgIpc) is 2.18. The van der Waals surface area contributed by atoms with Crippen molar-refractivity contribution in [3.63, 3.8) is 0 Å². The summed E-state index contributed by atoms with van der Waals surface area (Å²) in [6.07, 6.45) is -0.570. The van der Waals surface area contributed by atoms with E-state index in [2.05, 4.69) is 0 Å². The molecular weight excluding hydrogens is 216 g/mol. The quantitative estimate of drug-likeness (QED) is 0.790. The van der Waals surface area contributed by atoms with Gasteiger partial charge in [0, 0.05) is 17.7 Å². The Labute approximate surface area is 94.6 Å². The first-order chi connectivity index (χ1) is 7.15. The van der Waals surface area contributed by atoms with Crippen LogP contribution < -0.4 is 4.74 Å². The molecule has 0 amide bonds. The van der Waals surface area contributed by atoms with Gasteiger partial charge in [0.2, 0.25) is 0 Å². The number of ether oxygens (including phenoxy) is 2. The Balaban J connectivity index is 2.77. The van der Waals surface area contributed by atoms with Gasteiger partial charge < -0.3 is 14.6 Å². The molecule has 0 saturated heterocycles. The van der Waals surface area contributed by atoms with Crippen LogP contribution in [0.1, 0.15) is 18.6 Å². The molecule has 0 saturated carbocycles. The highest BCUT2D eigenvalue weighted by Crippen LogP contribution is 2.28. The van der Waals surface area contributed by atoms with Crippen LogP contribution in [0.5, 0.6) is 5.75 Å². The van der Waals surface area contributed by atoms with E-state index < -0.39 is 6.10 Å². The number of hydrogen-bond donors (Lipinski definition) is 1. The van der Waals surface area contributed by atoms with Gasteiger partial charge >= 0.3 is 0 Å². The van der Waals surface area contributed by atoms with Gasteiger partial charge in [-0.3, -0.25) is 0 Å². The minimum atomic E-state index is -0.570. The van der Waals surface area contributed by atoms with E-state index in [9.17, 15) is 5.11 Å². The van der Waals surface area contributed by atoms with Crippen LogP contribution in [0.2, 0.25) is 5.02 Å². The molecule has 0 aliphatic rings. The molecule has 3 nitrogen and oxygen atoms in total. The molecule has 1 aromatic carbocycles. The summed E-state index contributed by atoms with van der Waals surface area (Å²) in [5, 5.41) is 10.1. The number of aliphatic hydroxyl groups excluding tert-OH is 1. The van der Waals surface area contributed by atoms with Gasteiger partial charge in [0.1, 0.15) is 12.4 Å². The van der Waals surface area contributed by atoms with Gasteiger partial charge in [-0.2, -0.15) is 0 Å². The van der Waals surface area contributed by atoms with Crippen molar-refractivity contribution in [2.75, 3.05) is 20.3 Å². The van der Waals surface area contributed by atoms with E-state index in [4.69, 9.17) is 21.1 Å². The second-order valence-electron chi connectivity index (χ2n) is 3.20. The van der Waals surface area contributed by atoms with Gasteiger partial charge in [-0.15, -0.1) is 0 Å². The molecule has 0 radical (unpaired) electrons. The minimum absolute atomic E-state index is 0.441. The minimum Gasteiger partial charge on any atom is -0.491 e. The highest BCUT2D eigenvalue weighted by atomic mass is 35.5. The summed E-state index contributed by atoms with van der Waals surface area (Å²) in [6.45, 7) is 2.63. The fraction of sp³-hybridized carbons (Fsp3) is 0.455. The Morgan fingerprint density at radius 1 is 1.40 bits per heavy atom. The van der Waals surface area contributed by atoms with E-state index in [0.29, 0.717) is 24.0 Å². The largest absolute Gasteiger partial charge is 0.491 e. The monoisotopic (exact) mass is 230 g/mol. The van der Waals surface area contributed by atoms with E-state index in [-0.39, 0.29) is 0 Å². The lowest BCUT2D eigenvalue weighted by Gasteiger charge is -2.13. The van der Waals surface area contributed by atoms with Crippen molar-refractivity contribution in [3.05, 3.63) is 28.8 Å². The topological polar surface area (TPSA) is 38.7 Å². The molecule has 0 aliphatic heterocycles. The zero-order valence-electron chi connectivity index (χ0n) is 8.87. The number of aliphatic hydroxyl groups is 1. The first kappa shape index (κ1) is 12.3. The van der Waals surface area contributed by atoms with Crippen molar-refractivity contribution in [2.24, 2.45) is 0 Å². The molecule has 0 fully saturated rings. The van der Waals surface area contributed by atoms with Crippen LogP contribution in [-0.4, -0.2) is 25.4 Å². The lowest BCUT2D eigenvalue weighted by Crippen LogP contribution is -2.06. The Bertz CT molecular complexity index is 313. The van der Waals surface area contributed by atoms with Gasteiger partial charge in [0.15, 0.2) is 0 Å². The lowest BCUT2D eigenvalue weighted by molar-refractivity contribution is 0.141. The van der Waals surface area contributed by atoms with E-state index in [1.807, 2.05) is 0 Å². The fourth-order valence-corrected chi connectivity index (χ4v) is 1.38. The normalized spacial score (nSPS) is 12.5. The second-order valence-corrected chi connectivity index (χ2v) is 3.64. The summed E-state index contributed by atoms with van der Waals surface area (Å²) < 4.78 is 10.3. The molecule has 1 aromatic rings. The van der Waals surface area contributed by atoms with Crippen molar-refractivity contribution < 1.29 is 14.6 Å². The Morgan fingerprint density at radius 3 is 2.73 bits per heavy atom. The molecule has 0 aromatic heterocycles. The summed E-state index contributed by atoms with van der Waals surface area (Å²) in [5.41, 5.74) is 0.732. The molecule has 1 atom stereocenters. The zero-order valence-corrected chi connectivity index (χ0v) is 9.62. The second kappa shape index (κ2) is 5.95. The first-order valence-electron chi connectivity index (χ1n) is 4.74. The van der Waals surface area contributed by atoms with Gasteiger partial charge in [0.05, 0.1) is 12.7 Å². The first-order valence-corrected chi connectivity index (χ1v) is 5.12. The molecular formula is C11H15ClO3. The smallest absolute Gasteiger partial charge is 0.126 e. The van der Waals surface area contributed by atoms with E-state index in [0.717, 1.165) is 5.56 Å². The van der Waals surface area contributed by atoms with Crippen LogP contribution in [0, 0.1) is 0 Å². The zero-order chi connectivity index (χ0) is 11.3. The third kappa shape index (κ3) is 3.70. The van der Waals surface area contributed by atoms with Crippen LogP contribution in [0.4, 0.5) is 0 Å². The number of hydrogen-bond acceptors (Lipinski definition) is 3. The van der Waals surface area contributed by atoms with Crippen molar-refractivity contribution in [2.45, 2.75) is 13.0 Å². The molecule has 1 rings (SSSR count). The van der Waals surface area contributed by atoms with Crippen molar-refractivity contribution >= 4 is 11.6 Å². The van der Waals surface area contributed by atoms with Crippen LogP contribution in [0.3, 0.4) is 0 Å². The number of methoxy groups -OCH3 is 1. The van der Waals surface area contributed by atoms with Gasteiger partial charge in [0.25, 0.3) is 0 Å². The van der Waals surface area contributed by atoms with Gasteiger partial charge in [-0.05, 0) is 19.1 Å². The summed E-state index contributed by atoms with van der Waals surface area (Å²) in [5.74, 6) is 0.606. The molecule has 0 heterocycles. The maximum atomic E-state index is 9.50. The maximum absolute atomic E-state index is 9.50. The van der Waals surface area contributed by atoms with Crippen LogP contribution in [-0.2, 0) is 4.74 Å². The Hall–Kier alpha value is -0.770. The molecule has 0 unspecified atom stereocenters. The van der Waals surface area contributed by atoms with E-state index >= 15 is 0 Å². The summed E-state index contributed by atoms with van der Waals surface area (Å²) >= 11 is 5.84. The Morgan fingerprint density at radius 2 is 2.13 bits per heavy atom. The van der Waals surface area contributed by atoms with Gasteiger partial charge in [-0.1, -0.05) is 17.7 Å². The average molecular weight is 231 g/mol. The Kier molecular flexibility index (Phi) is 4.88. The van der Waals surface area contributed by atoms with Gasteiger partial charge in [-0.25, -0.2) is 0 Å². The molecule has 15 heavy (non-hydrogen) atoms. The number of benzene rings is 1. The lowest BCUT2D eigenvalue weighted by atomic mass is 10.1. The van der Waals surface area contributed by atoms with Crippen molar-refractivity contribution in [3.8, 4) is 5.75 Å². The maximum Gasteiger partial charge on any atom is 0.126 e. The molecule has 0 bridgehead atoms. The predicted octanol–water partition coefficient (Wildman–Crippen LogP) is 2.42. The highest BCUT2D eigenvalue weighted by Gasteiger charge is 2.09. The molecule has 0 spiro atoms. The van der Waals surface area contributed by atoms with Crippen LogP contribution >= 0.6 is 11.6 Å². The predicted molar refractivity (Wildman–Crippen MR) is 59.5 cm³/mol. The van der Waals surface area contributed by atoms with Crippen LogP contribution in [0.15, 0.2) is 18.2 Å². The summed E-state index contributed by atoms with van der Waals surface area (Å²) in [7, 11) is 1.61. The fourth-order valence-electron chi connectivity index (χ4n) is 1.21. The standard InChI is InChI=1S/C11H15ClO3/c1-8(13)10-4-3-9(12)7-11(10)15-6-5-14-2/h3-4,7-8,13H,5-6H2,1-2H3/t8-/m0/s1. The van der Waals surface area contributed by atoms with E-state index in [1.54, 1.807) is 32.2 Å². The molecule has 84 valence electrons. The SMILES string of the molecule is COCCOc1cc(Cl)ccc1[C@H](C)O. The van der Waals surface area contributed by atoms with Crippen molar-refractivity contribution in [1.82, 2.24) is 0 Å². The third-order valence-corrected chi connectivity index (χ3v) is 2.21. The highest BCUT2D eigenvalue weighted by molar-refractivity contribution is 6.30. The summed E-state index contributed by atoms with van der Waals surface area (Å²) in [6, 6.07) is 5.18. The molecule has 0 aliphatic carbocycles. The number of halogens is 1. The summed E-state index contributed by atoms with van der Waals surface area (Å²) in [4.78, 5) is 0. The number of rotatable bonds is 5.